The average Bonchev–Trinajstić information content (AvgIpc) is 2.84. The van der Waals surface area contributed by atoms with Gasteiger partial charge in [-0.15, -0.1) is 0 Å². The summed E-state index contributed by atoms with van der Waals surface area (Å²) in [5, 5.41) is 0.610. The van der Waals surface area contributed by atoms with Crippen LogP contribution in [0.2, 0.25) is 5.02 Å². The highest BCUT2D eigenvalue weighted by molar-refractivity contribution is 6.33. The lowest BCUT2D eigenvalue weighted by Gasteiger charge is -2.36. The minimum atomic E-state index is -0.351. The molecule has 1 aliphatic rings. The molecule has 32 heavy (non-hydrogen) atoms. The maximum absolute atomic E-state index is 11.8. The number of aliphatic imine (C=N–C) groups is 1. The molecule has 3 aromatic carbocycles. The first-order valence-electron chi connectivity index (χ1n) is 10.7. The van der Waals surface area contributed by atoms with Crippen molar-refractivity contribution in [1.82, 2.24) is 9.80 Å². The molecule has 0 saturated carbocycles. The van der Waals surface area contributed by atoms with Gasteiger partial charge in [0.25, 0.3) is 0 Å². The van der Waals surface area contributed by atoms with Gasteiger partial charge in [-0.3, -0.25) is 4.90 Å². The highest BCUT2D eigenvalue weighted by atomic mass is 35.5. The van der Waals surface area contributed by atoms with Gasteiger partial charge in [-0.1, -0.05) is 66.2 Å². The number of hydrogen-bond donors (Lipinski definition) is 0. The fourth-order valence-electron chi connectivity index (χ4n) is 3.81. The second kappa shape index (κ2) is 10.4. The van der Waals surface area contributed by atoms with E-state index in [2.05, 4.69) is 34.1 Å². The topological polar surface area (TPSA) is 45.1 Å². The number of nitrogens with zero attached hydrogens (tertiary/aromatic N) is 3. The van der Waals surface area contributed by atoms with E-state index in [-0.39, 0.29) is 5.97 Å². The molecule has 5 nitrogen and oxygen atoms in total. The standard InChI is InChI=1S/C26H26ClN3O2/c1-32-26(31)22-13-11-21(12-14-22)25(28-24-10-6-5-9-23(24)27)30-17-15-29(16-18-30)19-20-7-3-2-4-8-20/h2-14H,15-19H2,1H3/b28-25-. The van der Waals surface area contributed by atoms with E-state index in [9.17, 15) is 4.79 Å². The summed E-state index contributed by atoms with van der Waals surface area (Å²) < 4.78 is 4.82. The van der Waals surface area contributed by atoms with Crippen molar-refractivity contribution in [2.24, 2.45) is 4.99 Å². The molecule has 0 bridgehead atoms. The number of amidine groups is 1. The van der Waals surface area contributed by atoms with E-state index in [4.69, 9.17) is 21.3 Å². The van der Waals surface area contributed by atoms with Crippen LogP contribution < -0.4 is 0 Å². The van der Waals surface area contributed by atoms with Gasteiger partial charge in [0.2, 0.25) is 0 Å². The molecule has 0 spiro atoms. The fourth-order valence-corrected chi connectivity index (χ4v) is 3.98. The Kier molecular flexibility index (Phi) is 7.20. The number of carbonyl (C=O) groups is 1. The average molecular weight is 448 g/mol. The molecule has 1 fully saturated rings. The third-order valence-corrected chi connectivity index (χ3v) is 5.88. The zero-order valence-electron chi connectivity index (χ0n) is 18.1. The van der Waals surface area contributed by atoms with Crippen molar-refractivity contribution in [3.63, 3.8) is 0 Å². The van der Waals surface area contributed by atoms with E-state index in [0.717, 1.165) is 49.8 Å². The quantitative estimate of drug-likeness (QED) is 0.313. The van der Waals surface area contributed by atoms with E-state index >= 15 is 0 Å². The summed E-state index contributed by atoms with van der Waals surface area (Å²) in [7, 11) is 1.38. The molecule has 3 aromatic rings. The Hall–Kier alpha value is -3.15. The number of rotatable bonds is 5. The van der Waals surface area contributed by atoms with Crippen LogP contribution in [0.3, 0.4) is 0 Å². The maximum Gasteiger partial charge on any atom is 0.337 e. The molecular formula is C26H26ClN3O2. The van der Waals surface area contributed by atoms with Gasteiger partial charge < -0.3 is 9.64 Å². The van der Waals surface area contributed by atoms with E-state index in [1.807, 2.05) is 42.5 Å². The number of ether oxygens (including phenoxy) is 1. The van der Waals surface area contributed by atoms with Gasteiger partial charge in [-0.05, 0) is 29.8 Å². The van der Waals surface area contributed by atoms with Crippen LogP contribution in [0.25, 0.3) is 0 Å². The van der Waals surface area contributed by atoms with Crippen molar-refractivity contribution in [2.75, 3.05) is 33.3 Å². The fraction of sp³-hybridized carbons (Fsp3) is 0.231. The van der Waals surface area contributed by atoms with Crippen LogP contribution in [0.5, 0.6) is 0 Å². The highest BCUT2D eigenvalue weighted by Crippen LogP contribution is 2.26. The molecule has 164 valence electrons. The zero-order valence-corrected chi connectivity index (χ0v) is 18.8. The van der Waals surface area contributed by atoms with Gasteiger partial charge in [0.05, 0.1) is 23.4 Å². The number of halogens is 1. The van der Waals surface area contributed by atoms with Crippen LogP contribution >= 0.6 is 11.6 Å². The van der Waals surface area contributed by atoms with Gasteiger partial charge in [-0.25, -0.2) is 9.79 Å². The van der Waals surface area contributed by atoms with Crippen LogP contribution in [-0.2, 0) is 11.3 Å². The molecule has 0 unspecified atom stereocenters. The molecule has 0 atom stereocenters. The molecule has 6 heteroatoms. The van der Waals surface area contributed by atoms with E-state index in [1.54, 1.807) is 12.1 Å². The summed E-state index contributed by atoms with van der Waals surface area (Å²) >= 11 is 6.40. The first-order chi connectivity index (χ1) is 15.6. The number of methoxy groups -OCH3 is 1. The van der Waals surface area contributed by atoms with E-state index < -0.39 is 0 Å². The van der Waals surface area contributed by atoms with Crippen molar-refractivity contribution in [3.8, 4) is 0 Å². The predicted octanol–water partition coefficient (Wildman–Crippen LogP) is 5.02. The Balaban J connectivity index is 1.56. The molecule has 0 aliphatic carbocycles. The summed E-state index contributed by atoms with van der Waals surface area (Å²) in [4.78, 5) is 21.5. The van der Waals surface area contributed by atoms with Crippen molar-refractivity contribution >= 4 is 29.1 Å². The summed E-state index contributed by atoms with van der Waals surface area (Å²) in [5.74, 6) is 0.504. The Bertz CT molecular complexity index is 1080. The van der Waals surface area contributed by atoms with Crippen molar-refractivity contribution in [2.45, 2.75) is 6.54 Å². The molecule has 1 aliphatic heterocycles. The van der Waals surface area contributed by atoms with Gasteiger partial charge in [0.1, 0.15) is 5.84 Å². The molecule has 0 aromatic heterocycles. The Labute approximate surface area is 193 Å². The van der Waals surface area contributed by atoms with Gasteiger partial charge in [-0.2, -0.15) is 0 Å². The normalized spacial score (nSPS) is 14.9. The van der Waals surface area contributed by atoms with Crippen LogP contribution in [0, 0.1) is 0 Å². The summed E-state index contributed by atoms with van der Waals surface area (Å²) in [6.45, 7) is 4.54. The molecular weight excluding hydrogens is 422 g/mol. The number of piperazine rings is 1. The largest absolute Gasteiger partial charge is 0.465 e. The summed E-state index contributed by atoms with van der Waals surface area (Å²) in [6, 6.07) is 25.5. The SMILES string of the molecule is COC(=O)c1ccc(/C(=N/c2ccccc2Cl)N2CCN(Cc3ccccc3)CC2)cc1. The Morgan fingerprint density at radius 1 is 0.875 bits per heavy atom. The van der Waals surface area contributed by atoms with Crippen molar-refractivity contribution in [3.05, 3.63) is 101 Å². The van der Waals surface area contributed by atoms with Crippen LogP contribution in [0.4, 0.5) is 5.69 Å². The molecule has 1 heterocycles. The number of hydrogen-bond acceptors (Lipinski definition) is 4. The van der Waals surface area contributed by atoms with E-state index in [1.165, 1.54) is 12.7 Å². The maximum atomic E-state index is 11.8. The first kappa shape index (κ1) is 22.1. The predicted molar refractivity (Wildman–Crippen MR) is 129 cm³/mol. The van der Waals surface area contributed by atoms with Crippen LogP contribution in [0.1, 0.15) is 21.5 Å². The number of para-hydroxylation sites is 1. The number of carbonyl (C=O) groups excluding carboxylic acids is 1. The van der Waals surface area contributed by atoms with Crippen LogP contribution in [-0.4, -0.2) is 54.9 Å². The van der Waals surface area contributed by atoms with Crippen LogP contribution in [0.15, 0.2) is 83.9 Å². The minimum Gasteiger partial charge on any atom is -0.465 e. The lowest BCUT2D eigenvalue weighted by Crippen LogP contribution is -2.48. The summed E-state index contributed by atoms with van der Waals surface area (Å²) in [5.41, 5.74) is 3.51. The molecule has 0 N–H and O–H groups in total. The van der Waals surface area contributed by atoms with Gasteiger partial charge in [0.15, 0.2) is 0 Å². The first-order valence-corrected chi connectivity index (χ1v) is 11.0. The van der Waals surface area contributed by atoms with Gasteiger partial charge in [0, 0.05) is 38.3 Å². The Morgan fingerprint density at radius 2 is 1.50 bits per heavy atom. The second-order valence-electron chi connectivity index (χ2n) is 7.70. The highest BCUT2D eigenvalue weighted by Gasteiger charge is 2.22. The minimum absolute atomic E-state index is 0.351. The molecule has 0 amide bonds. The van der Waals surface area contributed by atoms with Crippen molar-refractivity contribution < 1.29 is 9.53 Å². The zero-order chi connectivity index (χ0) is 22.3. The van der Waals surface area contributed by atoms with Crippen molar-refractivity contribution in [1.29, 1.82) is 0 Å². The third-order valence-electron chi connectivity index (χ3n) is 5.56. The number of benzene rings is 3. The monoisotopic (exact) mass is 447 g/mol. The smallest absolute Gasteiger partial charge is 0.337 e. The molecule has 4 rings (SSSR count). The molecule has 1 saturated heterocycles. The summed E-state index contributed by atoms with van der Waals surface area (Å²) in [6.07, 6.45) is 0. The lowest BCUT2D eigenvalue weighted by atomic mass is 10.1. The second-order valence-corrected chi connectivity index (χ2v) is 8.11. The lowest BCUT2D eigenvalue weighted by molar-refractivity contribution is 0.0600. The number of esters is 1. The molecule has 0 radical (unpaired) electrons. The third kappa shape index (κ3) is 5.36. The van der Waals surface area contributed by atoms with E-state index in [0.29, 0.717) is 10.6 Å². The Morgan fingerprint density at radius 3 is 2.16 bits per heavy atom. The van der Waals surface area contributed by atoms with Gasteiger partial charge >= 0.3 is 5.97 Å².